The Hall–Kier alpha value is -2.39. The van der Waals surface area contributed by atoms with Crippen LogP contribution in [0.15, 0.2) is 41.2 Å². The summed E-state index contributed by atoms with van der Waals surface area (Å²) in [6.45, 7) is 8.39. The number of ether oxygens (including phenoxy) is 1. The molecule has 2 unspecified atom stereocenters. The normalized spacial score (nSPS) is 23.9. The zero-order valence-electron chi connectivity index (χ0n) is 16.0. The fourth-order valence-electron chi connectivity index (χ4n) is 3.83. The lowest BCUT2D eigenvalue weighted by molar-refractivity contribution is 0.329. The minimum atomic E-state index is -0.348. The highest BCUT2D eigenvalue weighted by atomic mass is 19.1. The van der Waals surface area contributed by atoms with Crippen molar-refractivity contribution in [2.75, 3.05) is 37.7 Å². The van der Waals surface area contributed by atoms with Crippen molar-refractivity contribution in [2.24, 2.45) is 11.8 Å². The molecule has 0 radical (unpaired) electrons. The van der Waals surface area contributed by atoms with Gasteiger partial charge in [0.15, 0.2) is 0 Å². The first kappa shape index (κ1) is 19.4. The molecule has 0 aromatic carbocycles. The summed E-state index contributed by atoms with van der Waals surface area (Å²) in [5.74, 6) is 2.50. The number of fused-ring (bicyclic) bond motifs is 1. The Kier molecular flexibility index (Phi) is 6.46. The third kappa shape index (κ3) is 4.48. The van der Waals surface area contributed by atoms with Gasteiger partial charge in [0, 0.05) is 43.4 Å². The number of halogens is 1. The molecule has 0 amide bonds. The Morgan fingerprint density at radius 2 is 2.00 bits per heavy atom. The largest absolute Gasteiger partial charge is 0.473 e. The summed E-state index contributed by atoms with van der Waals surface area (Å²) >= 11 is 0. The Balaban J connectivity index is 0.00000102. The summed E-state index contributed by atoms with van der Waals surface area (Å²) in [6, 6.07) is 7.75. The van der Waals surface area contributed by atoms with E-state index in [1.165, 1.54) is 6.08 Å². The minimum Gasteiger partial charge on any atom is -0.473 e. The standard InChI is InChI=1S/C19H21FN4O.C2H6/c20-17-6-13(7-21)4-5-14(17)12-25-19-3-1-2-18(23-19)24-10-15-8-22-9-16(15)11-24;1-2/h1-3,6,15-16,22H,4-5,8-12H2;1-2H3. The molecule has 0 saturated carbocycles. The van der Waals surface area contributed by atoms with Crippen molar-refractivity contribution in [3.63, 3.8) is 0 Å². The molecule has 27 heavy (non-hydrogen) atoms. The van der Waals surface area contributed by atoms with Gasteiger partial charge in [0.05, 0.1) is 6.07 Å². The number of pyridine rings is 1. The van der Waals surface area contributed by atoms with E-state index in [-0.39, 0.29) is 12.4 Å². The number of nitriles is 1. The molecular weight excluding hydrogens is 343 g/mol. The summed E-state index contributed by atoms with van der Waals surface area (Å²) in [5, 5.41) is 12.3. The maximum absolute atomic E-state index is 14.0. The van der Waals surface area contributed by atoms with Gasteiger partial charge in [0.2, 0.25) is 5.88 Å². The second-order valence-corrected chi connectivity index (χ2v) is 6.94. The molecule has 1 aromatic rings. The molecule has 3 heterocycles. The van der Waals surface area contributed by atoms with E-state index in [2.05, 4.69) is 15.2 Å². The Morgan fingerprint density at radius 3 is 2.67 bits per heavy atom. The van der Waals surface area contributed by atoms with Crippen LogP contribution in [0.2, 0.25) is 0 Å². The Morgan fingerprint density at radius 1 is 1.26 bits per heavy atom. The van der Waals surface area contributed by atoms with E-state index in [9.17, 15) is 4.39 Å². The van der Waals surface area contributed by atoms with Crippen molar-refractivity contribution in [3.05, 3.63) is 41.2 Å². The Bertz CT molecular complexity index is 756. The lowest BCUT2D eigenvalue weighted by atomic mass is 9.99. The van der Waals surface area contributed by atoms with Gasteiger partial charge in [-0.05, 0) is 36.8 Å². The van der Waals surface area contributed by atoms with Gasteiger partial charge < -0.3 is 15.0 Å². The van der Waals surface area contributed by atoms with Crippen molar-refractivity contribution in [1.29, 1.82) is 5.26 Å². The quantitative estimate of drug-likeness (QED) is 0.877. The van der Waals surface area contributed by atoms with E-state index in [4.69, 9.17) is 10.00 Å². The maximum Gasteiger partial charge on any atom is 0.215 e. The highest BCUT2D eigenvalue weighted by molar-refractivity contribution is 5.43. The number of aromatic nitrogens is 1. The van der Waals surface area contributed by atoms with Gasteiger partial charge >= 0.3 is 0 Å². The number of hydrogen-bond acceptors (Lipinski definition) is 5. The number of rotatable bonds is 4. The number of nitrogens with one attached hydrogen (secondary N) is 1. The van der Waals surface area contributed by atoms with E-state index < -0.39 is 0 Å². The van der Waals surface area contributed by atoms with Crippen LogP contribution >= 0.6 is 0 Å². The third-order valence-corrected chi connectivity index (χ3v) is 5.30. The lowest BCUT2D eigenvalue weighted by Crippen LogP contribution is -2.26. The van der Waals surface area contributed by atoms with Crippen molar-refractivity contribution in [1.82, 2.24) is 10.3 Å². The Labute approximate surface area is 160 Å². The zero-order valence-corrected chi connectivity index (χ0v) is 16.0. The number of allylic oxidation sites excluding steroid dienone is 3. The average molecular weight is 370 g/mol. The number of nitrogens with zero attached hydrogens (tertiary/aromatic N) is 3. The van der Waals surface area contributed by atoms with Gasteiger partial charge in [-0.15, -0.1) is 0 Å². The number of hydrogen-bond donors (Lipinski definition) is 1. The van der Waals surface area contributed by atoms with Crippen LogP contribution in [0.3, 0.4) is 0 Å². The van der Waals surface area contributed by atoms with E-state index in [0.717, 1.165) is 32.0 Å². The molecule has 2 saturated heterocycles. The van der Waals surface area contributed by atoms with E-state index in [1.54, 1.807) is 6.07 Å². The van der Waals surface area contributed by atoms with Crippen LogP contribution < -0.4 is 15.0 Å². The summed E-state index contributed by atoms with van der Waals surface area (Å²) < 4.78 is 19.7. The average Bonchev–Trinajstić information content (AvgIpc) is 3.31. The van der Waals surface area contributed by atoms with Crippen LogP contribution in [0.1, 0.15) is 26.7 Å². The fourth-order valence-corrected chi connectivity index (χ4v) is 3.83. The molecule has 2 aliphatic heterocycles. The van der Waals surface area contributed by atoms with Crippen molar-refractivity contribution < 1.29 is 9.13 Å². The van der Waals surface area contributed by atoms with Gasteiger partial charge in [0.1, 0.15) is 18.3 Å². The summed E-state index contributed by atoms with van der Waals surface area (Å²) in [7, 11) is 0. The molecule has 3 aliphatic rings. The molecule has 0 spiro atoms. The second-order valence-electron chi connectivity index (χ2n) is 6.94. The van der Waals surface area contributed by atoms with Gasteiger partial charge in [0.25, 0.3) is 0 Å². The SMILES string of the molecule is CC.N#CC1=CC(F)=C(COc2cccc(N3CC4CNCC4C3)n2)CC1. The predicted octanol–water partition coefficient (Wildman–Crippen LogP) is 3.61. The van der Waals surface area contributed by atoms with Crippen LogP contribution in [0.25, 0.3) is 0 Å². The van der Waals surface area contributed by atoms with E-state index in [1.807, 2.05) is 32.0 Å². The van der Waals surface area contributed by atoms with Gasteiger partial charge in [-0.2, -0.15) is 10.2 Å². The lowest BCUT2D eigenvalue weighted by Gasteiger charge is -2.19. The summed E-state index contributed by atoms with van der Waals surface area (Å²) in [4.78, 5) is 6.90. The molecular formula is C21H27FN4O. The molecule has 2 atom stereocenters. The van der Waals surface area contributed by atoms with E-state index in [0.29, 0.717) is 41.7 Å². The molecule has 1 N–H and O–H groups in total. The van der Waals surface area contributed by atoms with Gasteiger partial charge in [-0.25, -0.2) is 4.39 Å². The van der Waals surface area contributed by atoms with Crippen LogP contribution in [0.4, 0.5) is 10.2 Å². The molecule has 144 valence electrons. The zero-order chi connectivity index (χ0) is 19.2. The fraction of sp³-hybridized carbons (Fsp3) is 0.524. The smallest absolute Gasteiger partial charge is 0.215 e. The third-order valence-electron chi connectivity index (χ3n) is 5.30. The van der Waals surface area contributed by atoms with Crippen LogP contribution in [0, 0.1) is 23.2 Å². The van der Waals surface area contributed by atoms with Gasteiger partial charge in [-0.3, -0.25) is 0 Å². The molecule has 5 nitrogen and oxygen atoms in total. The highest BCUT2D eigenvalue weighted by Gasteiger charge is 2.36. The molecule has 1 aliphatic carbocycles. The molecule has 6 heteroatoms. The highest BCUT2D eigenvalue weighted by Crippen LogP contribution is 2.30. The summed E-state index contributed by atoms with van der Waals surface area (Å²) in [5.41, 5.74) is 1.07. The first-order valence-electron chi connectivity index (χ1n) is 9.76. The van der Waals surface area contributed by atoms with Gasteiger partial charge in [-0.1, -0.05) is 19.9 Å². The monoisotopic (exact) mass is 370 g/mol. The van der Waals surface area contributed by atoms with E-state index >= 15 is 0 Å². The van der Waals surface area contributed by atoms with Crippen LogP contribution in [-0.4, -0.2) is 37.8 Å². The van der Waals surface area contributed by atoms with Crippen LogP contribution in [0.5, 0.6) is 5.88 Å². The summed E-state index contributed by atoms with van der Waals surface area (Å²) in [6.07, 6.45) is 2.40. The maximum atomic E-state index is 14.0. The first-order valence-corrected chi connectivity index (χ1v) is 9.76. The molecule has 0 bridgehead atoms. The molecule has 2 fully saturated rings. The molecule has 1 aromatic heterocycles. The predicted molar refractivity (Wildman–Crippen MR) is 104 cm³/mol. The second kappa shape index (κ2) is 9.01. The number of anilines is 1. The van der Waals surface area contributed by atoms with Crippen LogP contribution in [-0.2, 0) is 0 Å². The first-order chi connectivity index (χ1) is 13.2. The molecule has 4 rings (SSSR count). The van der Waals surface area contributed by atoms with Crippen molar-refractivity contribution >= 4 is 5.82 Å². The topological polar surface area (TPSA) is 61.2 Å². The minimum absolute atomic E-state index is 0.173. The van der Waals surface area contributed by atoms with Crippen molar-refractivity contribution in [3.8, 4) is 11.9 Å². The van der Waals surface area contributed by atoms with Crippen molar-refractivity contribution in [2.45, 2.75) is 26.7 Å².